The Morgan fingerprint density at radius 3 is 3.10 bits per heavy atom. The molecule has 3 rings (SSSR count). The SMILES string of the molecule is O=c1[nH]c(CNCC2COCCO2)nc2ccccc12. The zero-order chi connectivity index (χ0) is 13.8. The predicted octanol–water partition coefficient (Wildman–Crippen LogP) is 0.428. The van der Waals surface area contributed by atoms with Crippen molar-refractivity contribution >= 4 is 10.9 Å². The molecule has 1 aliphatic heterocycles. The van der Waals surface area contributed by atoms with Crippen molar-refractivity contribution in [1.82, 2.24) is 15.3 Å². The highest BCUT2D eigenvalue weighted by atomic mass is 16.6. The molecule has 2 heterocycles. The average molecular weight is 275 g/mol. The van der Waals surface area contributed by atoms with Crippen molar-refractivity contribution < 1.29 is 9.47 Å². The van der Waals surface area contributed by atoms with Gasteiger partial charge in [-0.1, -0.05) is 12.1 Å². The van der Waals surface area contributed by atoms with E-state index in [-0.39, 0.29) is 11.7 Å². The minimum atomic E-state index is -0.107. The summed E-state index contributed by atoms with van der Waals surface area (Å²) >= 11 is 0. The van der Waals surface area contributed by atoms with E-state index in [4.69, 9.17) is 9.47 Å². The maximum atomic E-state index is 11.9. The molecule has 1 saturated heterocycles. The van der Waals surface area contributed by atoms with Crippen LogP contribution in [-0.4, -0.2) is 42.4 Å². The van der Waals surface area contributed by atoms with Gasteiger partial charge in [-0.25, -0.2) is 4.98 Å². The van der Waals surface area contributed by atoms with E-state index in [0.29, 0.717) is 49.6 Å². The number of benzene rings is 1. The first kappa shape index (κ1) is 13.2. The second kappa shape index (κ2) is 6.13. The number of nitrogens with zero attached hydrogens (tertiary/aromatic N) is 1. The van der Waals surface area contributed by atoms with Gasteiger partial charge in [-0.2, -0.15) is 0 Å². The quantitative estimate of drug-likeness (QED) is 0.846. The third-order valence-corrected chi connectivity index (χ3v) is 3.21. The zero-order valence-electron chi connectivity index (χ0n) is 11.1. The minimum Gasteiger partial charge on any atom is -0.376 e. The van der Waals surface area contributed by atoms with Gasteiger partial charge >= 0.3 is 0 Å². The fourth-order valence-electron chi connectivity index (χ4n) is 2.22. The molecule has 0 radical (unpaired) electrons. The van der Waals surface area contributed by atoms with Crippen LogP contribution in [0.2, 0.25) is 0 Å². The van der Waals surface area contributed by atoms with Crippen LogP contribution in [0, 0.1) is 0 Å². The van der Waals surface area contributed by atoms with Crippen LogP contribution in [-0.2, 0) is 16.0 Å². The van der Waals surface area contributed by atoms with Gasteiger partial charge in [0.1, 0.15) is 5.82 Å². The number of aromatic amines is 1. The van der Waals surface area contributed by atoms with Gasteiger partial charge < -0.3 is 19.8 Å². The summed E-state index contributed by atoms with van der Waals surface area (Å²) in [6.45, 7) is 3.08. The van der Waals surface area contributed by atoms with Gasteiger partial charge in [0, 0.05) is 6.54 Å². The van der Waals surface area contributed by atoms with Crippen molar-refractivity contribution in [3.63, 3.8) is 0 Å². The Bertz CT molecular complexity index is 635. The van der Waals surface area contributed by atoms with Gasteiger partial charge in [0.2, 0.25) is 0 Å². The third kappa shape index (κ3) is 3.04. The van der Waals surface area contributed by atoms with E-state index < -0.39 is 0 Å². The van der Waals surface area contributed by atoms with Crippen molar-refractivity contribution in [1.29, 1.82) is 0 Å². The summed E-state index contributed by atoms with van der Waals surface area (Å²) in [5, 5.41) is 3.84. The lowest BCUT2D eigenvalue weighted by atomic mass is 10.2. The summed E-state index contributed by atoms with van der Waals surface area (Å²) in [7, 11) is 0. The van der Waals surface area contributed by atoms with Crippen molar-refractivity contribution in [3.8, 4) is 0 Å². The molecule has 6 nitrogen and oxygen atoms in total. The first-order chi connectivity index (χ1) is 9.83. The molecular formula is C14H17N3O3. The number of H-pyrrole nitrogens is 1. The number of ether oxygens (including phenoxy) is 2. The Morgan fingerprint density at radius 2 is 2.25 bits per heavy atom. The smallest absolute Gasteiger partial charge is 0.258 e. The molecule has 20 heavy (non-hydrogen) atoms. The summed E-state index contributed by atoms with van der Waals surface area (Å²) in [6.07, 6.45) is 0.0657. The van der Waals surface area contributed by atoms with Crippen LogP contribution in [0.1, 0.15) is 5.82 Å². The molecule has 1 aliphatic rings. The number of fused-ring (bicyclic) bond motifs is 1. The van der Waals surface area contributed by atoms with Crippen LogP contribution in [0.25, 0.3) is 10.9 Å². The van der Waals surface area contributed by atoms with Gasteiger partial charge in [-0.05, 0) is 12.1 Å². The molecule has 0 spiro atoms. The van der Waals surface area contributed by atoms with E-state index in [1.165, 1.54) is 0 Å². The molecule has 0 saturated carbocycles. The lowest BCUT2D eigenvalue weighted by molar-refractivity contribution is -0.0864. The summed E-state index contributed by atoms with van der Waals surface area (Å²) in [5.74, 6) is 0.630. The number of nitrogens with one attached hydrogen (secondary N) is 2. The van der Waals surface area contributed by atoms with Crippen LogP contribution >= 0.6 is 0 Å². The molecule has 0 amide bonds. The Morgan fingerprint density at radius 1 is 1.35 bits per heavy atom. The first-order valence-corrected chi connectivity index (χ1v) is 6.71. The Hall–Kier alpha value is -1.76. The number of hydrogen-bond donors (Lipinski definition) is 2. The maximum Gasteiger partial charge on any atom is 0.258 e. The lowest BCUT2D eigenvalue weighted by Crippen LogP contribution is -2.37. The van der Waals surface area contributed by atoms with Crippen molar-refractivity contribution in [2.24, 2.45) is 0 Å². The second-order valence-electron chi connectivity index (χ2n) is 4.73. The number of rotatable bonds is 4. The van der Waals surface area contributed by atoms with Crippen molar-refractivity contribution in [3.05, 3.63) is 40.4 Å². The van der Waals surface area contributed by atoms with Crippen LogP contribution in [0.3, 0.4) is 0 Å². The molecule has 2 aromatic rings. The largest absolute Gasteiger partial charge is 0.376 e. The predicted molar refractivity (Wildman–Crippen MR) is 74.6 cm³/mol. The second-order valence-corrected chi connectivity index (χ2v) is 4.73. The molecule has 1 fully saturated rings. The van der Waals surface area contributed by atoms with E-state index in [1.54, 1.807) is 6.07 Å². The molecule has 106 valence electrons. The minimum absolute atomic E-state index is 0.0657. The highest BCUT2D eigenvalue weighted by molar-refractivity contribution is 5.77. The fraction of sp³-hybridized carbons (Fsp3) is 0.429. The topological polar surface area (TPSA) is 76.2 Å². The zero-order valence-corrected chi connectivity index (χ0v) is 11.1. The molecule has 1 aromatic heterocycles. The highest BCUT2D eigenvalue weighted by Crippen LogP contribution is 2.05. The van der Waals surface area contributed by atoms with Crippen LogP contribution < -0.4 is 10.9 Å². The van der Waals surface area contributed by atoms with Gasteiger partial charge in [0.25, 0.3) is 5.56 Å². The van der Waals surface area contributed by atoms with E-state index in [0.717, 1.165) is 0 Å². The fourth-order valence-corrected chi connectivity index (χ4v) is 2.22. The van der Waals surface area contributed by atoms with Gasteiger partial charge in [0.05, 0.1) is 43.4 Å². The van der Waals surface area contributed by atoms with Crippen molar-refractivity contribution in [2.45, 2.75) is 12.6 Å². The monoisotopic (exact) mass is 275 g/mol. The van der Waals surface area contributed by atoms with Crippen LogP contribution in [0.5, 0.6) is 0 Å². The standard InChI is InChI=1S/C14H17N3O3/c18-14-11-3-1-2-4-12(11)16-13(17-14)8-15-7-10-9-19-5-6-20-10/h1-4,10,15H,5-9H2,(H,16,17,18). The van der Waals surface area contributed by atoms with Crippen LogP contribution in [0.15, 0.2) is 29.1 Å². The Labute approximate surface area is 116 Å². The molecular weight excluding hydrogens is 258 g/mol. The van der Waals surface area contributed by atoms with E-state index in [9.17, 15) is 4.79 Å². The Balaban J connectivity index is 1.64. The highest BCUT2D eigenvalue weighted by Gasteiger charge is 2.13. The van der Waals surface area contributed by atoms with Gasteiger partial charge in [-0.15, -0.1) is 0 Å². The normalized spacial score (nSPS) is 19.3. The summed E-state index contributed by atoms with van der Waals surface area (Å²) in [5.41, 5.74) is 0.606. The maximum absolute atomic E-state index is 11.9. The Kier molecular flexibility index (Phi) is 4.05. The van der Waals surface area contributed by atoms with Gasteiger partial charge in [0.15, 0.2) is 0 Å². The molecule has 0 aliphatic carbocycles. The van der Waals surface area contributed by atoms with Gasteiger partial charge in [-0.3, -0.25) is 4.79 Å². The molecule has 0 bridgehead atoms. The summed E-state index contributed by atoms with van der Waals surface area (Å²) in [6, 6.07) is 7.31. The molecule has 1 aromatic carbocycles. The molecule has 1 unspecified atom stereocenters. The number of hydrogen-bond acceptors (Lipinski definition) is 5. The van der Waals surface area contributed by atoms with E-state index >= 15 is 0 Å². The third-order valence-electron chi connectivity index (χ3n) is 3.21. The summed E-state index contributed by atoms with van der Waals surface area (Å²) < 4.78 is 10.9. The van der Waals surface area contributed by atoms with Crippen LogP contribution in [0.4, 0.5) is 0 Å². The van der Waals surface area contributed by atoms with E-state index in [1.807, 2.05) is 18.2 Å². The molecule has 2 N–H and O–H groups in total. The molecule has 1 atom stereocenters. The number of aromatic nitrogens is 2. The number of para-hydroxylation sites is 1. The average Bonchev–Trinajstić information content (AvgIpc) is 2.48. The van der Waals surface area contributed by atoms with E-state index in [2.05, 4.69) is 15.3 Å². The molecule has 6 heteroatoms. The summed E-state index contributed by atoms with van der Waals surface area (Å²) in [4.78, 5) is 19.1. The van der Waals surface area contributed by atoms with Crippen molar-refractivity contribution in [2.75, 3.05) is 26.4 Å². The first-order valence-electron chi connectivity index (χ1n) is 6.71. The lowest BCUT2D eigenvalue weighted by Gasteiger charge is -2.23.